The molecule has 1 fully saturated rings. The number of hydrogen-bond donors (Lipinski definition) is 1. The average Bonchev–Trinajstić information content (AvgIpc) is 2.73. The van der Waals surface area contributed by atoms with Crippen molar-refractivity contribution in [2.75, 3.05) is 6.54 Å². The maximum atomic E-state index is 6.23. The van der Waals surface area contributed by atoms with Crippen LogP contribution in [0.3, 0.4) is 0 Å². The summed E-state index contributed by atoms with van der Waals surface area (Å²) in [6, 6.07) is 6.29. The van der Waals surface area contributed by atoms with Crippen molar-refractivity contribution in [3.05, 3.63) is 28.2 Å². The number of fused-ring (bicyclic) bond motifs is 1. The third-order valence-electron chi connectivity index (χ3n) is 3.76. The van der Waals surface area contributed by atoms with Crippen molar-refractivity contribution in [2.45, 2.75) is 32.7 Å². The van der Waals surface area contributed by atoms with E-state index in [1.165, 1.54) is 17.8 Å². The van der Waals surface area contributed by atoms with Gasteiger partial charge in [-0.15, -0.1) is 11.3 Å². The Hall–Kier alpha value is -0.640. The Morgan fingerprint density at radius 2 is 2.28 bits per heavy atom. The van der Waals surface area contributed by atoms with Crippen LogP contribution in [0.25, 0.3) is 10.2 Å². The molecule has 1 saturated heterocycles. The number of nitrogens with zero attached hydrogens (tertiary/aromatic N) is 1. The monoisotopic (exact) mass is 280 g/mol. The molecule has 1 aliphatic heterocycles. The van der Waals surface area contributed by atoms with Crippen molar-refractivity contribution in [1.82, 2.24) is 10.3 Å². The summed E-state index contributed by atoms with van der Waals surface area (Å²) in [5, 5.41) is 5.59. The predicted octanol–water partition coefficient (Wildman–Crippen LogP) is 4.40. The number of halogens is 1. The number of hydrogen-bond acceptors (Lipinski definition) is 3. The molecule has 1 aliphatic rings. The average molecular weight is 281 g/mol. The van der Waals surface area contributed by atoms with Crippen LogP contribution < -0.4 is 5.32 Å². The summed E-state index contributed by atoms with van der Waals surface area (Å²) in [6.07, 6.45) is 2.49. The minimum atomic E-state index is 0.263. The van der Waals surface area contributed by atoms with Gasteiger partial charge in [0.1, 0.15) is 5.01 Å². The lowest BCUT2D eigenvalue weighted by Crippen LogP contribution is -2.39. The fraction of sp³-hybridized carbons (Fsp3) is 0.500. The SMILES string of the molecule is CC1(C)CCCNC1c1nc2cccc(Cl)c2s1. The normalized spacial score (nSPS) is 23.4. The van der Waals surface area contributed by atoms with Gasteiger partial charge in [0.05, 0.1) is 21.3 Å². The van der Waals surface area contributed by atoms with Gasteiger partial charge in [-0.3, -0.25) is 0 Å². The number of rotatable bonds is 1. The first kappa shape index (κ1) is 12.4. The van der Waals surface area contributed by atoms with Crippen molar-refractivity contribution in [2.24, 2.45) is 5.41 Å². The molecule has 0 amide bonds. The summed E-state index contributed by atoms with van der Waals surface area (Å²) in [4.78, 5) is 4.76. The van der Waals surface area contributed by atoms with Gasteiger partial charge in [0, 0.05) is 0 Å². The zero-order chi connectivity index (χ0) is 12.8. The predicted molar refractivity (Wildman–Crippen MR) is 78.4 cm³/mol. The molecular weight excluding hydrogens is 264 g/mol. The van der Waals surface area contributed by atoms with E-state index in [1.54, 1.807) is 11.3 Å². The van der Waals surface area contributed by atoms with E-state index in [-0.39, 0.29) is 5.41 Å². The van der Waals surface area contributed by atoms with Crippen LogP contribution in [0, 0.1) is 5.41 Å². The van der Waals surface area contributed by atoms with E-state index in [9.17, 15) is 0 Å². The molecule has 3 rings (SSSR count). The highest BCUT2D eigenvalue weighted by Crippen LogP contribution is 2.43. The third-order valence-corrected chi connectivity index (χ3v) is 5.35. The Labute approximate surface area is 116 Å². The van der Waals surface area contributed by atoms with Crippen LogP contribution in [0.2, 0.25) is 5.02 Å². The number of nitrogens with one attached hydrogen (secondary N) is 1. The first-order valence-electron chi connectivity index (χ1n) is 6.36. The van der Waals surface area contributed by atoms with Crippen LogP contribution in [-0.2, 0) is 0 Å². The lowest BCUT2D eigenvalue weighted by Gasteiger charge is -2.38. The minimum Gasteiger partial charge on any atom is -0.307 e. The Kier molecular flexibility index (Phi) is 3.08. The van der Waals surface area contributed by atoms with Gasteiger partial charge < -0.3 is 5.32 Å². The first-order valence-corrected chi connectivity index (χ1v) is 7.56. The number of thiazole rings is 1. The number of benzene rings is 1. The molecular formula is C14H17ClN2S. The van der Waals surface area contributed by atoms with Crippen molar-refractivity contribution < 1.29 is 0 Å². The van der Waals surface area contributed by atoms with Crippen molar-refractivity contribution in [1.29, 1.82) is 0 Å². The summed E-state index contributed by atoms with van der Waals surface area (Å²) in [5.41, 5.74) is 1.28. The zero-order valence-corrected chi connectivity index (χ0v) is 12.2. The Bertz CT molecular complexity index is 576. The van der Waals surface area contributed by atoms with Gasteiger partial charge in [-0.2, -0.15) is 0 Å². The van der Waals surface area contributed by atoms with E-state index in [0.717, 1.165) is 21.8 Å². The molecule has 0 aliphatic carbocycles. The minimum absolute atomic E-state index is 0.263. The molecule has 96 valence electrons. The van der Waals surface area contributed by atoms with Gasteiger partial charge in [-0.05, 0) is 36.9 Å². The van der Waals surface area contributed by atoms with Gasteiger partial charge in [0.15, 0.2) is 0 Å². The largest absolute Gasteiger partial charge is 0.307 e. The molecule has 1 atom stereocenters. The second-order valence-electron chi connectivity index (χ2n) is 5.62. The van der Waals surface area contributed by atoms with E-state index < -0.39 is 0 Å². The number of piperidine rings is 1. The summed E-state index contributed by atoms with van der Waals surface area (Å²) < 4.78 is 1.11. The number of aromatic nitrogens is 1. The second kappa shape index (κ2) is 4.48. The van der Waals surface area contributed by atoms with Gasteiger partial charge in [-0.1, -0.05) is 31.5 Å². The van der Waals surface area contributed by atoms with Gasteiger partial charge in [0.2, 0.25) is 0 Å². The lowest BCUT2D eigenvalue weighted by atomic mass is 9.78. The highest BCUT2D eigenvalue weighted by atomic mass is 35.5. The Morgan fingerprint density at radius 3 is 3.00 bits per heavy atom. The summed E-state index contributed by atoms with van der Waals surface area (Å²) in [5.74, 6) is 0. The zero-order valence-electron chi connectivity index (χ0n) is 10.7. The van der Waals surface area contributed by atoms with E-state index in [2.05, 4.69) is 19.2 Å². The maximum Gasteiger partial charge on any atom is 0.111 e. The quantitative estimate of drug-likeness (QED) is 0.837. The molecule has 1 unspecified atom stereocenters. The molecule has 0 radical (unpaired) electrons. The second-order valence-corrected chi connectivity index (χ2v) is 7.06. The highest BCUT2D eigenvalue weighted by Gasteiger charge is 2.35. The lowest BCUT2D eigenvalue weighted by molar-refractivity contribution is 0.181. The molecule has 1 aromatic carbocycles. The van der Waals surface area contributed by atoms with Gasteiger partial charge in [-0.25, -0.2) is 4.98 Å². The van der Waals surface area contributed by atoms with E-state index in [1.807, 2.05) is 18.2 Å². The van der Waals surface area contributed by atoms with Crippen LogP contribution >= 0.6 is 22.9 Å². The molecule has 4 heteroatoms. The van der Waals surface area contributed by atoms with Crippen molar-refractivity contribution in [3.63, 3.8) is 0 Å². The summed E-state index contributed by atoms with van der Waals surface area (Å²) >= 11 is 7.96. The summed E-state index contributed by atoms with van der Waals surface area (Å²) in [6.45, 7) is 5.72. The molecule has 18 heavy (non-hydrogen) atoms. The van der Waals surface area contributed by atoms with Crippen LogP contribution in [-0.4, -0.2) is 11.5 Å². The molecule has 1 aromatic heterocycles. The fourth-order valence-corrected chi connectivity index (χ4v) is 4.23. The van der Waals surface area contributed by atoms with Crippen LogP contribution in [0.5, 0.6) is 0 Å². The van der Waals surface area contributed by atoms with Gasteiger partial charge >= 0.3 is 0 Å². The standard InChI is InChI=1S/C14H17ClN2S/c1-14(2)7-4-8-16-12(14)13-17-10-6-3-5-9(15)11(10)18-13/h3,5-6,12,16H,4,7-8H2,1-2H3. The van der Waals surface area contributed by atoms with E-state index >= 15 is 0 Å². The molecule has 0 spiro atoms. The van der Waals surface area contributed by atoms with E-state index in [0.29, 0.717) is 6.04 Å². The van der Waals surface area contributed by atoms with Crippen LogP contribution in [0.1, 0.15) is 37.7 Å². The third kappa shape index (κ3) is 2.04. The Balaban J connectivity index is 2.06. The molecule has 1 N–H and O–H groups in total. The van der Waals surface area contributed by atoms with Crippen molar-refractivity contribution >= 4 is 33.2 Å². The molecule has 0 bridgehead atoms. The molecule has 2 heterocycles. The Morgan fingerprint density at radius 1 is 1.44 bits per heavy atom. The van der Waals surface area contributed by atoms with E-state index in [4.69, 9.17) is 16.6 Å². The fourth-order valence-electron chi connectivity index (χ4n) is 2.69. The van der Waals surface area contributed by atoms with Crippen molar-refractivity contribution in [3.8, 4) is 0 Å². The highest BCUT2D eigenvalue weighted by molar-refractivity contribution is 7.19. The summed E-state index contributed by atoms with van der Waals surface area (Å²) in [7, 11) is 0. The van der Waals surface area contributed by atoms with Crippen LogP contribution in [0.4, 0.5) is 0 Å². The molecule has 0 saturated carbocycles. The smallest absolute Gasteiger partial charge is 0.111 e. The topological polar surface area (TPSA) is 24.9 Å². The molecule has 2 nitrogen and oxygen atoms in total. The molecule has 2 aromatic rings. The van der Waals surface area contributed by atoms with Gasteiger partial charge in [0.25, 0.3) is 0 Å². The van der Waals surface area contributed by atoms with Crippen LogP contribution in [0.15, 0.2) is 18.2 Å². The first-order chi connectivity index (χ1) is 8.58. The maximum absolute atomic E-state index is 6.23.